The van der Waals surface area contributed by atoms with Gasteiger partial charge >= 0.3 is 5.69 Å². The molecule has 0 spiro atoms. The highest BCUT2D eigenvalue weighted by atomic mass is 19.1. The quantitative estimate of drug-likeness (QED) is 0.375. The van der Waals surface area contributed by atoms with Crippen LogP contribution in [0.1, 0.15) is 11.1 Å². The van der Waals surface area contributed by atoms with Gasteiger partial charge in [0.1, 0.15) is 5.82 Å². The maximum atomic E-state index is 13.2. The van der Waals surface area contributed by atoms with Crippen molar-refractivity contribution in [1.82, 2.24) is 14.1 Å². The lowest BCUT2D eigenvalue weighted by atomic mass is 10.2. The zero-order chi connectivity index (χ0) is 21.3. The van der Waals surface area contributed by atoms with E-state index in [9.17, 15) is 24.1 Å². The van der Waals surface area contributed by atoms with E-state index in [0.29, 0.717) is 16.6 Å². The number of rotatable bonds is 5. The first-order valence-corrected chi connectivity index (χ1v) is 9.00. The molecule has 4 aromatic rings. The molecule has 4 rings (SSSR count). The number of benzene rings is 2. The topological polar surface area (TPSA) is 100 Å². The van der Waals surface area contributed by atoms with E-state index in [2.05, 4.69) is 4.98 Å². The molecule has 9 heteroatoms. The molecule has 0 N–H and O–H groups in total. The fourth-order valence-corrected chi connectivity index (χ4v) is 3.21. The lowest BCUT2D eigenvalue weighted by molar-refractivity contribution is -0.384. The lowest BCUT2D eigenvalue weighted by Crippen LogP contribution is -2.40. The van der Waals surface area contributed by atoms with Crippen molar-refractivity contribution in [3.05, 3.63) is 115 Å². The van der Waals surface area contributed by atoms with Gasteiger partial charge in [0.25, 0.3) is 11.2 Å². The van der Waals surface area contributed by atoms with Crippen LogP contribution in [-0.4, -0.2) is 19.0 Å². The average molecular weight is 406 g/mol. The summed E-state index contributed by atoms with van der Waals surface area (Å²) in [7, 11) is 0. The Morgan fingerprint density at radius 1 is 0.900 bits per heavy atom. The molecule has 0 saturated carbocycles. The number of non-ortho nitro benzene ring substituents is 1. The van der Waals surface area contributed by atoms with Gasteiger partial charge in [0.2, 0.25) is 0 Å². The van der Waals surface area contributed by atoms with Crippen LogP contribution in [0.4, 0.5) is 10.1 Å². The average Bonchev–Trinajstić information content (AvgIpc) is 2.76. The van der Waals surface area contributed by atoms with Crippen LogP contribution in [0.3, 0.4) is 0 Å². The van der Waals surface area contributed by atoms with E-state index in [1.54, 1.807) is 24.3 Å². The predicted molar refractivity (Wildman–Crippen MR) is 108 cm³/mol. The Bertz CT molecular complexity index is 1360. The lowest BCUT2D eigenvalue weighted by Gasteiger charge is -2.14. The van der Waals surface area contributed by atoms with Gasteiger partial charge in [0.05, 0.1) is 23.5 Å². The molecule has 0 atom stereocenters. The van der Waals surface area contributed by atoms with Crippen LogP contribution in [0.25, 0.3) is 11.0 Å². The molecular formula is C21H15FN4O4. The van der Waals surface area contributed by atoms with E-state index in [1.807, 2.05) is 0 Å². The Labute approximate surface area is 168 Å². The first-order chi connectivity index (χ1) is 14.4. The number of fused-ring (bicyclic) bond motifs is 1. The molecule has 2 heterocycles. The molecule has 0 unspecified atom stereocenters. The van der Waals surface area contributed by atoms with Crippen LogP contribution >= 0.6 is 0 Å². The van der Waals surface area contributed by atoms with Gasteiger partial charge in [-0.1, -0.05) is 24.3 Å². The third kappa shape index (κ3) is 3.60. The third-order valence-corrected chi connectivity index (χ3v) is 4.73. The van der Waals surface area contributed by atoms with E-state index < -0.39 is 22.0 Å². The van der Waals surface area contributed by atoms with Gasteiger partial charge in [-0.05, 0) is 35.4 Å². The molecule has 0 saturated heterocycles. The third-order valence-electron chi connectivity index (χ3n) is 4.73. The summed E-state index contributed by atoms with van der Waals surface area (Å²) in [5.41, 5.74) is 0.580. The van der Waals surface area contributed by atoms with E-state index in [-0.39, 0.29) is 24.3 Å². The summed E-state index contributed by atoms with van der Waals surface area (Å²) >= 11 is 0. The summed E-state index contributed by atoms with van der Waals surface area (Å²) in [6, 6.07) is 14.6. The van der Waals surface area contributed by atoms with E-state index in [4.69, 9.17) is 0 Å². The van der Waals surface area contributed by atoms with Crippen molar-refractivity contribution in [2.45, 2.75) is 13.1 Å². The van der Waals surface area contributed by atoms with Gasteiger partial charge in [-0.3, -0.25) is 24.0 Å². The molecule has 0 fully saturated rings. The van der Waals surface area contributed by atoms with Crippen LogP contribution in [-0.2, 0) is 13.1 Å². The Morgan fingerprint density at radius 3 is 2.13 bits per heavy atom. The van der Waals surface area contributed by atoms with E-state index in [0.717, 1.165) is 4.57 Å². The number of nitro benzene ring substituents is 1. The molecule has 150 valence electrons. The molecule has 30 heavy (non-hydrogen) atoms. The highest BCUT2D eigenvalue weighted by Gasteiger charge is 2.15. The number of nitro groups is 1. The number of nitrogens with zero attached hydrogens (tertiary/aromatic N) is 4. The normalized spacial score (nSPS) is 11.0. The van der Waals surface area contributed by atoms with Crippen LogP contribution in [0, 0.1) is 15.9 Å². The van der Waals surface area contributed by atoms with Crippen LogP contribution in [0.2, 0.25) is 0 Å². The van der Waals surface area contributed by atoms with Crippen molar-refractivity contribution >= 4 is 16.7 Å². The maximum absolute atomic E-state index is 13.2. The molecular weight excluding hydrogens is 391 g/mol. The number of hydrogen-bond donors (Lipinski definition) is 0. The molecule has 8 nitrogen and oxygen atoms in total. The number of aromatic nitrogens is 3. The van der Waals surface area contributed by atoms with Gasteiger partial charge in [0.15, 0.2) is 5.52 Å². The first-order valence-electron chi connectivity index (χ1n) is 9.00. The number of pyridine rings is 1. The minimum atomic E-state index is -0.553. The summed E-state index contributed by atoms with van der Waals surface area (Å²) in [4.78, 5) is 40.5. The fraction of sp³-hybridized carbons (Fsp3) is 0.0952. The Morgan fingerprint density at radius 2 is 1.50 bits per heavy atom. The highest BCUT2D eigenvalue weighted by Crippen LogP contribution is 2.14. The predicted octanol–water partition coefficient (Wildman–Crippen LogP) is 2.70. The Balaban J connectivity index is 1.84. The van der Waals surface area contributed by atoms with Crippen molar-refractivity contribution < 1.29 is 9.31 Å². The minimum Gasteiger partial charge on any atom is -0.287 e. The van der Waals surface area contributed by atoms with E-state index in [1.165, 1.54) is 47.2 Å². The molecule has 0 radical (unpaired) electrons. The standard InChI is InChI=1S/C21H15FN4O4/c22-16-7-3-14(4-8-16)13-25-20(27)19-18(2-1-11-23-19)24(21(25)28)12-15-5-9-17(10-6-15)26(29)30/h1-11H,12-13H2. The molecule has 0 aliphatic carbocycles. The SMILES string of the molecule is O=c1c2ncccc2n(Cc2ccc([N+](=O)[O-])cc2)c(=O)n1Cc1ccc(F)cc1. The maximum Gasteiger partial charge on any atom is 0.332 e. The summed E-state index contributed by atoms with van der Waals surface area (Å²) in [6.45, 7) is 0.0629. The monoisotopic (exact) mass is 406 g/mol. The van der Waals surface area contributed by atoms with Crippen molar-refractivity contribution in [2.24, 2.45) is 0 Å². The van der Waals surface area contributed by atoms with Crippen molar-refractivity contribution in [3.8, 4) is 0 Å². The fourth-order valence-electron chi connectivity index (χ4n) is 3.21. The largest absolute Gasteiger partial charge is 0.332 e. The van der Waals surface area contributed by atoms with Crippen LogP contribution in [0.5, 0.6) is 0 Å². The Kier molecular flexibility index (Phi) is 4.93. The molecule has 2 aromatic carbocycles. The molecule has 2 aromatic heterocycles. The smallest absolute Gasteiger partial charge is 0.287 e. The number of halogens is 1. The van der Waals surface area contributed by atoms with Gasteiger partial charge in [0, 0.05) is 18.3 Å². The summed E-state index contributed by atoms with van der Waals surface area (Å²) in [6.07, 6.45) is 1.46. The van der Waals surface area contributed by atoms with Gasteiger partial charge < -0.3 is 0 Å². The zero-order valence-corrected chi connectivity index (χ0v) is 15.6. The van der Waals surface area contributed by atoms with Crippen molar-refractivity contribution in [1.29, 1.82) is 0 Å². The second kappa shape index (κ2) is 7.70. The zero-order valence-electron chi connectivity index (χ0n) is 15.6. The first kappa shape index (κ1) is 19.2. The highest BCUT2D eigenvalue weighted by molar-refractivity contribution is 5.73. The van der Waals surface area contributed by atoms with Crippen LogP contribution in [0.15, 0.2) is 76.4 Å². The van der Waals surface area contributed by atoms with Crippen molar-refractivity contribution in [2.75, 3.05) is 0 Å². The van der Waals surface area contributed by atoms with E-state index >= 15 is 0 Å². The summed E-state index contributed by atoms with van der Waals surface area (Å²) in [5, 5.41) is 10.9. The molecule has 0 bridgehead atoms. The Hall–Kier alpha value is -4.14. The molecule has 0 aliphatic rings. The number of hydrogen-bond acceptors (Lipinski definition) is 5. The minimum absolute atomic E-state index is 0.0370. The van der Waals surface area contributed by atoms with Crippen LogP contribution < -0.4 is 11.2 Å². The molecule has 0 amide bonds. The summed E-state index contributed by atoms with van der Waals surface area (Å²) < 4.78 is 15.6. The second-order valence-corrected chi connectivity index (χ2v) is 6.68. The molecule has 0 aliphatic heterocycles. The van der Waals surface area contributed by atoms with Crippen molar-refractivity contribution in [3.63, 3.8) is 0 Å². The van der Waals surface area contributed by atoms with Gasteiger partial charge in [-0.15, -0.1) is 0 Å². The van der Waals surface area contributed by atoms with Gasteiger partial charge in [-0.25, -0.2) is 14.2 Å². The summed E-state index contributed by atoms with van der Waals surface area (Å²) in [5.74, 6) is -0.415. The second-order valence-electron chi connectivity index (χ2n) is 6.68. The van der Waals surface area contributed by atoms with Gasteiger partial charge in [-0.2, -0.15) is 0 Å².